The Bertz CT molecular complexity index is 810. The van der Waals surface area contributed by atoms with Crippen LogP contribution < -0.4 is 4.74 Å². The molecule has 0 bridgehead atoms. The van der Waals surface area contributed by atoms with E-state index in [1.807, 2.05) is 37.4 Å². The van der Waals surface area contributed by atoms with Crippen molar-refractivity contribution in [3.05, 3.63) is 58.6 Å². The Morgan fingerprint density at radius 1 is 1.10 bits per heavy atom. The number of amides is 1. The third-order valence-corrected chi connectivity index (χ3v) is 4.14. The molecule has 4 rings (SSSR count). The van der Waals surface area contributed by atoms with Crippen LogP contribution in [-0.4, -0.2) is 24.4 Å². The van der Waals surface area contributed by atoms with Crippen molar-refractivity contribution in [2.24, 2.45) is 0 Å². The summed E-state index contributed by atoms with van der Waals surface area (Å²) in [7, 11) is 1.81. The molecule has 2 aromatic carbocycles. The number of halogens is 1. The van der Waals surface area contributed by atoms with E-state index in [1.165, 1.54) is 0 Å². The van der Waals surface area contributed by atoms with Gasteiger partial charge in [-0.05, 0) is 29.8 Å². The normalized spacial score (nSPS) is 16.1. The molecule has 2 heterocycles. The number of nitrogens with zero attached hydrogens (tertiary/aromatic N) is 1. The van der Waals surface area contributed by atoms with Gasteiger partial charge in [0.25, 0.3) is 5.91 Å². The number of hydrogen-bond donors (Lipinski definition) is 0. The summed E-state index contributed by atoms with van der Waals surface area (Å²) in [6, 6.07) is 13.2. The highest BCUT2D eigenvalue weighted by Crippen LogP contribution is 2.46. The Labute approximate surface area is 127 Å². The number of fused-ring (bicyclic) bond motifs is 4. The molecule has 3 nitrogen and oxygen atoms in total. The summed E-state index contributed by atoms with van der Waals surface area (Å²) in [5, 5.41) is 0.595. The first-order chi connectivity index (χ1) is 10.1. The summed E-state index contributed by atoms with van der Waals surface area (Å²) in [6.07, 6.45) is 0. The maximum absolute atomic E-state index is 12.5. The molecule has 0 atom stereocenters. The Morgan fingerprint density at radius 2 is 1.86 bits per heavy atom. The Kier molecular flexibility index (Phi) is 2.59. The Balaban J connectivity index is 2.07. The number of hydrogen-bond acceptors (Lipinski definition) is 2. The van der Waals surface area contributed by atoms with Crippen molar-refractivity contribution < 1.29 is 9.53 Å². The lowest BCUT2D eigenvalue weighted by Gasteiger charge is -2.14. The van der Waals surface area contributed by atoms with Crippen molar-refractivity contribution in [2.75, 3.05) is 13.6 Å². The fourth-order valence-electron chi connectivity index (χ4n) is 2.92. The van der Waals surface area contributed by atoms with Crippen LogP contribution in [-0.2, 0) is 4.79 Å². The van der Waals surface area contributed by atoms with Crippen molar-refractivity contribution in [1.82, 2.24) is 4.90 Å². The highest BCUT2D eigenvalue weighted by Gasteiger charge is 2.34. The predicted molar refractivity (Wildman–Crippen MR) is 82.4 cm³/mol. The van der Waals surface area contributed by atoms with Gasteiger partial charge in [-0.3, -0.25) is 4.79 Å². The topological polar surface area (TPSA) is 29.5 Å². The molecule has 4 heteroatoms. The minimum Gasteiger partial charge on any atom is -0.456 e. The van der Waals surface area contributed by atoms with Gasteiger partial charge in [-0.25, -0.2) is 0 Å². The first-order valence-corrected chi connectivity index (χ1v) is 7.09. The van der Waals surface area contributed by atoms with Gasteiger partial charge in [0, 0.05) is 29.7 Å². The molecular weight excluding hydrogens is 286 g/mol. The molecule has 1 amide bonds. The van der Waals surface area contributed by atoms with E-state index in [2.05, 4.69) is 0 Å². The van der Waals surface area contributed by atoms with Gasteiger partial charge >= 0.3 is 0 Å². The van der Waals surface area contributed by atoms with Crippen LogP contribution in [0.25, 0.3) is 11.1 Å². The van der Waals surface area contributed by atoms with Crippen LogP contribution in [0.5, 0.6) is 11.5 Å². The maximum Gasteiger partial charge on any atom is 0.255 e. The summed E-state index contributed by atoms with van der Waals surface area (Å²) < 4.78 is 6.01. The van der Waals surface area contributed by atoms with E-state index in [9.17, 15) is 4.79 Å². The zero-order chi connectivity index (χ0) is 14.6. The molecule has 21 heavy (non-hydrogen) atoms. The molecular formula is C17H12ClNO2. The third kappa shape index (κ3) is 1.78. The van der Waals surface area contributed by atoms with Gasteiger partial charge in [-0.1, -0.05) is 29.8 Å². The lowest BCUT2D eigenvalue weighted by molar-refractivity contribution is -0.122. The molecule has 0 aliphatic carbocycles. The predicted octanol–water partition coefficient (Wildman–Crippen LogP) is 3.83. The standard InChI is InChI=1S/C17H12ClNO2/c1-19-9-13-11-4-2-3-5-14(11)21-15-7-6-10(18)8-12(15)16(13)17(19)20/h2-8H,9H2,1H3. The molecule has 0 saturated carbocycles. The first kappa shape index (κ1) is 12.5. The molecule has 104 valence electrons. The van der Waals surface area contributed by atoms with Crippen molar-refractivity contribution in [3.8, 4) is 11.5 Å². The SMILES string of the molecule is CN1CC2=C(C1=O)c1cc(Cl)ccc1Oc1ccccc12. The van der Waals surface area contributed by atoms with Gasteiger partial charge in [-0.2, -0.15) is 0 Å². The molecule has 0 aromatic heterocycles. The zero-order valence-corrected chi connectivity index (χ0v) is 12.1. The molecule has 0 fully saturated rings. The van der Waals surface area contributed by atoms with Gasteiger partial charge in [0.15, 0.2) is 0 Å². The van der Waals surface area contributed by atoms with Gasteiger partial charge in [0.1, 0.15) is 11.5 Å². The maximum atomic E-state index is 12.5. The molecule has 0 spiro atoms. The molecule has 2 aliphatic rings. The quantitative estimate of drug-likeness (QED) is 0.739. The minimum absolute atomic E-state index is 0.00817. The zero-order valence-electron chi connectivity index (χ0n) is 11.4. The minimum atomic E-state index is 0.00817. The summed E-state index contributed by atoms with van der Waals surface area (Å²) >= 11 is 6.11. The Hall–Kier alpha value is -2.26. The number of carbonyl (C=O) groups excluding carboxylic acids is 1. The Morgan fingerprint density at radius 3 is 2.71 bits per heavy atom. The fraction of sp³-hybridized carbons (Fsp3) is 0.118. The molecule has 0 radical (unpaired) electrons. The van der Waals surface area contributed by atoms with Crippen LogP contribution >= 0.6 is 11.6 Å². The van der Waals surface area contributed by atoms with E-state index in [-0.39, 0.29) is 5.91 Å². The van der Waals surface area contributed by atoms with E-state index in [0.29, 0.717) is 22.9 Å². The van der Waals surface area contributed by atoms with Crippen molar-refractivity contribution in [3.63, 3.8) is 0 Å². The highest BCUT2D eigenvalue weighted by atomic mass is 35.5. The van der Waals surface area contributed by atoms with Crippen molar-refractivity contribution in [1.29, 1.82) is 0 Å². The fourth-order valence-corrected chi connectivity index (χ4v) is 3.09. The van der Waals surface area contributed by atoms with Crippen LogP contribution in [0, 0.1) is 0 Å². The number of carbonyl (C=O) groups is 1. The van der Waals surface area contributed by atoms with E-state index in [4.69, 9.17) is 16.3 Å². The average molecular weight is 298 g/mol. The summed E-state index contributed by atoms with van der Waals surface area (Å²) in [5.74, 6) is 1.45. The van der Waals surface area contributed by atoms with E-state index < -0.39 is 0 Å². The monoisotopic (exact) mass is 297 g/mol. The number of ether oxygens (including phenoxy) is 1. The second-order valence-electron chi connectivity index (χ2n) is 5.25. The summed E-state index contributed by atoms with van der Waals surface area (Å²) in [6.45, 7) is 0.584. The van der Waals surface area contributed by atoms with Gasteiger partial charge < -0.3 is 9.64 Å². The van der Waals surface area contributed by atoms with Crippen molar-refractivity contribution in [2.45, 2.75) is 0 Å². The second-order valence-corrected chi connectivity index (χ2v) is 5.69. The van der Waals surface area contributed by atoms with Crippen LogP contribution in [0.1, 0.15) is 11.1 Å². The molecule has 0 N–H and O–H groups in total. The van der Waals surface area contributed by atoms with Crippen LogP contribution in [0.4, 0.5) is 0 Å². The number of para-hydroxylation sites is 1. The molecule has 0 unspecified atom stereocenters. The lowest BCUT2D eigenvalue weighted by atomic mass is 9.97. The van der Waals surface area contributed by atoms with Crippen LogP contribution in [0.2, 0.25) is 5.02 Å². The smallest absolute Gasteiger partial charge is 0.255 e. The number of rotatable bonds is 0. The van der Waals surface area contributed by atoms with Crippen LogP contribution in [0.15, 0.2) is 42.5 Å². The largest absolute Gasteiger partial charge is 0.456 e. The summed E-state index contributed by atoms with van der Waals surface area (Å²) in [4.78, 5) is 14.3. The molecule has 2 aliphatic heterocycles. The third-order valence-electron chi connectivity index (χ3n) is 3.90. The average Bonchev–Trinajstić information content (AvgIpc) is 2.70. The van der Waals surface area contributed by atoms with Gasteiger partial charge in [0.05, 0.1) is 5.57 Å². The lowest BCUT2D eigenvalue weighted by Crippen LogP contribution is -2.21. The number of likely N-dealkylation sites (N-methyl/N-ethyl adjacent to an activating group) is 1. The van der Waals surface area contributed by atoms with E-state index in [1.54, 1.807) is 17.0 Å². The highest BCUT2D eigenvalue weighted by molar-refractivity contribution is 6.33. The van der Waals surface area contributed by atoms with Gasteiger partial charge in [-0.15, -0.1) is 0 Å². The van der Waals surface area contributed by atoms with Crippen molar-refractivity contribution >= 4 is 28.7 Å². The second kappa shape index (κ2) is 4.37. The van der Waals surface area contributed by atoms with Gasteiger partial charge in [0.2, 0.25) is 0 Å². The summed E-state index contributed by atoms with van der Waals surface area (Å²) in [5.41, 5.74) is 3.43. The van der Waals surface area contributed by atoms with E-state index >= 15 is 0 Å². The molecule has 0 saturated heterocycles. The molecule has 2 aromatic rings. The number of benzene rings is 2. The first-order valence-electron chi connectivity index (χ1n) is 6.71. The van der Waals surface area contributed by atoms with Crippen LogP contribution in [0.3, 0.4) is 0 Å². The van der Waals surface area contributed by atoms with E-state index in [0.717, 1.165) is 22.4 Å².